The summed E-state index contributed by atoms with van der Waals surface area (Å²) in [5.74, 6) is 0. The van der Waals surface area contributed by atoms with Crippen LogP contribution in [0.5, 0.6) is 0 Å². The molecule has 0 fully saturated rings. The zero-order chi connectivity index (χ0) is 44.3. The molecule has 0 atom stereocenters. The third-order valence-corrected chi connectivity index (χ3v) is 14.1. The van der Waals surface area contributed by atoms with Crippen LogP contribution in [0.1, 0.15) is 22.3 Å². The van der Waals surface area contributed by atoms with Gasteiger partial charge in [-0.05, 0) is 104 Å². The van der Waals surface area contributed by atoms with Crippen molar-refractivity contribution in [3.05, 3.63) is 289 Å². The standard InChI is InChI=1S/C65H44N2/c1-4-23-47(24-5-1)65(48-25-6-2-7-26-48)59-35-17-14-32-54(59)58-44-50(40-42-60(58)65)67-63-37-19-16-34-56(63)57-41-39-46(43-64(57)67)51-29-12-13-31-53(51)55-33-15-18-36-62(55)66(49-27-8-3-9-28-49)61-38-20-22-45-21-10-11-30-52(45)61/h1-44H. The molecule has 67 heavy (non-hydrogen) atoms. The molecule has 0 aliphatic heterocycles. The number of nitrogens with zero attached hydrogens (tertiary/aromatic N) is 2. The first kappa shape index (κ1) is 38.7. The molecule has 13 rings (SSSR count). The van der Waals surface area contributed by atoms with Gasteiger partial charge in [0.2, 0.25) is 0 Å². The molecule has 1 aliphatic carbocycles. The maximum Gasteiger partial charge on any atom is 0.0713 e. The van der Waals surface area contributed by atoms with Crippen molar-refractivity contribution < 1.29 is 0 Å². The lowest BCUT2D eigenvalue weighted by Crippen LogP contribution is -2.28. The van der Waals surface area contributed by atoms with E-state index in [1.165, 1.54) is 77.1 Å². The number of hydrogen-bond acceptors (Lipinski definition) is 1. The van der Waals surface area contributed by atoms with Gasteiger partial charge in [-0.25, -0.2) is 0 Å². The topological polar surface area (TPSA) is 8.17 Å². The highest BCUT2D eigenvalue weighted by Gasteiger charge is 2.46. The predicted octanol–water partition coefficient (Wildman–Crippen LogP) is 17.1. The van der Waals surface area contributed by atoms with E-state index in [-0.39, 0.29) is 0 Å². The fraction of sp³-hybridized carbons (Fsp3) is 0.0154. The average Bonchev–Trinajstić information content (AvgIpc) is 3.90. The minimum atomic E-state index is -0.454. The van der Waals surface area contributed by atoms with Gasteiger partial charge in [0.15, 0.2) is 0 Å². The molecule has 0 saturated heterocycles. The van der Waals surface area contributed by atoms with Crippen LogP contribution < -0.4 is 4.90 Å². The molecular weight excluding hydrogens is 809 g/mol. The van der Waals surface area contributed by atoms with Gasteiger partial charge in [-0.3, -0.25) is 0 Å². The Bertz CT molecular complexity index is 3770. The van der Waals surface area contributed by atoms with E-state index in [2.05, 4.69) is 276 Å². The quantitative estimate of drug-likeness (QED) is 0.148. The Morgan fingerprint density at radius 1 is 0.313 bits per heavy atom. The highest BCUT2D eigenvalue weighted by atomic mass is 15.1. The van der Waals surface area contributed by atoms with Crippen LogP contribution in [-0.2, 0) is 5.41 Å². The Labute approximate surface area is 390 Å². The molecule has 0 spiro atoms. The first-order valence-electron chi connectivity index (χ1n) is 23.2. The number of anilines is 3. The fourth-order valence-corrected chi connectivity index (χ4v) is 11.2. The molecule has 0 radical (unpaired) electrons. The van der Waals surface area contributed by atoms with Crippen LogP contribution in [0.15, 0.2) is 267 Å². The van der Waals surface area contributed by atoms with Gasteiger partial charge in [0.05, 0.1) is 27.8 Å². The Hall–Kier alpha value is -8.72. The molecule has 0 N–H and O–H groups in total. The first-order valence-corrected chi connectivity index (χ1v) is 23.2. The van der Waals surface area contributed by atoms with Crippen molar-refractivity contribution in [2.24, 2.45) is 0 Å². The van der Waals surface area contributed by atoms with Crippen molar-refractivity contribution in [2.45, 2.75) is 5.41 Å². The van der Waals surface area contributed by atoms with E-state index in [1.807, 2.05) is 0 Å². The lowest BCUT2D eigenvalue weighted by atomic mass is 9.68. The van der Waals surface area contributed by atoms with Crippen molar-refractivity contribution in [2.75, 3.05) is 4.90 Å². The van der Waals surface area contributed by atoms with E-state index < -0.39 is 5.41 Å². The predicted molar refractivity (Wildman–Crippen MR) is 281 cm³/mol. The van der Waals surface area contributed by atoms with Gasteiger partial charge in [0.1, 0.15) is 0 Å². The van der Waals surface area contributed by atoms with Crippen LogP contribution in [0.4, 0.5) is 17.1 Å². The summed E-state index contributed by atoms with van der Waals surface area (Å²) in [5.41, 5.74) is 18.8. The number of para-hydroxylation sites is 3. The highest BCUT2D eigenvalue weighted by molar-refractivity contribution is 6.11. The summed E-state index contributed by atoms with van der Waals surface area (Å²) in [7, 11) is 0. The summed E-state index contributed by atoms with van der Waals surface area (Å²) in [6, 6.07) is 98.0. The molecule has 0 unspecified atom stereocenters. The molecule has 0 amide bonds. The zero-order valence-electron chi connectivity index (χ0n) is 36.8. The first-order chi connectivity index (χ1) is 33.3. The van der Waals surface area contributed by atoms with Crippen LogP contribution in [-0.4, -0.2) is 4.57 Å². The van der Waals surface area contributed by atoms with E-state index in [1.54, 1.807) is 0 Å². The molecule has 11 aromatic carbocycles. The summed E-state index contributed by atoms with van der Waals surface area (Å²) >= 11 is 0. The molecule has 314 valence electrons. The third kappa shape index (κ3) is 6.04. The van der Waals surface area contributed by atoms with Crippen molar-refractivity contribution in [1.29, 1.82) is 0 Å². The van der Waals surface area contributed by atoms with Crippen molar-refractivity contribution >= 4 is 49.6 Å². The monoisotopic (exact) mass is 852 g/mol. The van der Waals surface area contributed by atoms with Crippen LogP contribution in [0.3, 0.4) is 0 Å². The SMILES string of the molecule is c1ccc(N(c2ccccc2-c2ccccc2-c2ccc3c4ccccc4n(-c4ccc5c(c4)-c4ccccc4C5(c4ccccc4)c4ccccc4)c3c2)c2cccc3ccccc23)cc1. The number of hydrogen-bond donors (Lipinski definition) is 0. The molecule has 1 heterocycles. The summed E-state index contributed by atoms with van der Waals surface area (Å²) in [6.45, 7) is 0. The number of fused-ring (bicyclic) bond motifs is 7. The highest BCUT2D eigenvalue weighted by Crippen LogP contribution is 2.57. The summed E-state index contributed by atoms with van der Waals surface area (Å²) in [4.78, 5) is 2.42. The van der Waals surface area contributed by atoms with Gasteiger partial charge in [-0.15, -0.1) is 0 Å². The van der Waals surface area contributed by atoms with Crippen LogP contribution in [0.25, 0.3) is 71.6 Å². The maximum absolute atomic E-state index is 2.48. The molecular formula is C65H44N2. The van der Waals surface area contributed by atoms with E-state index in [0.717, 1.165) is 33.9 Å². The molecule has 1 aromatic heterocycles. The lowest BCUT2D eigenvalue weighted by Gasteiger charge is -2.33. The number of aromatic nitrogens is 1. The minimum absolute atomic E-state index is 0.454. The lowest BCUT2D eigenvalue weighted by molar-refractivity contribution is 0.768. The van der Waals surface area contributed by atoms with Gasteiger partial charge in [0.25, 0.3) is 0 Å². The van der Waals surface area contributed by atoms with Crippen LogP contribution >= 0.6 is 0 Å². The average molecular weight is 853 g/mol. The Kier molecular flexibility index (Phi) is 9.11. The normalized spacial score (nSPS) is 12.6. The Balaban J connectivity index is 1.00. The van der Waals surface area contributed by atoms with Crippen molar-refractivity contribution in [3.63, 3.8) is 0 Å². The van der Waals surface area contributed by atoms with Crippen LogP contribution in [0, 0.1) is 0 Å². The van der Waals surface area contributed by atoms with Gasteiger partial charge in [0, 0.05) is 33.1 Å². The summed E-state index contributed by atoms with van der Waals surface area (Å²) < 4.78 is 2.48. The third-order valence-electron chi connectivity index (χ3n) is 14.1. The molecule has 2 nitrogen and oxygen atoms in total. The van der Waals surface area contributed by atoms with Crippen molar-refractivity contribution in [1.82, 2.24) is 4.57 Å². The molecule has 0 saturated carbocycles. The van der Waals surface area contributed by atoms with E-state index in [0.29, 0.717) is 0 Å². The second-order valence-corrected chi connectivity index (χ2v) is 17.6. The van der Waals surface area contributed by atoms with E-state index in [4.69, 9.17) is 0 Å². The molecule has 12 aromatic rings. The largest absolute Gasteiger partial charge is 0.309 e. The van der Waals surface area contributed by atoms with Crippen LogP contribution in [0.2, 0.25) is 0 Å². The number of rotatable bonds is 8. The Morgan fingerprint density at radius 3 is 1.64 bits per heavy atom. The Morgan fingerprint density at radius 2 is 0.866 bits per heavy atom. The molecule has 1 aliphatic rings. The van der Waals surface area contributed by atoms with Gasteiger partial charge >= 0.3 is 0 Å². The van der Waals surface area contributed by atoms with Gasteiger partial charge < -0.3 is 9.47 Å². The van der Waals surface area contributed by atoms with Crippen molar-refractivity contribution in [3.8, 4) is 39.1 Å². The minimum Gasteiger partial charge on any atom is -0.309 e. The summed E-state index contributed by atoms with van der Waals surface area (Å²) in [6.07, 6.45) is 0. The smallest absolute Gasteiger partial charge is 0.0713 e. The zero-order valence-corrected chi connectivity index (χ0v) is 36.8. The van der Waals surface area contributed by atoms with E-state index in [9.17, 15) is 0 Å². The molecule has 0 bridgehead atoms. The maximum atomic E-state index is 2.48. The second kappa shape index (κ2) is 15.8. The fourth-order valence-electron chi connectivity index (χ4n) is 11.2. The summed E-state index contributed by atoms with van der Waals surface area (Å²) in [5, 5.41) is 4.88. The number of benzene rings is 11. The second-order valence-electron chi connectivity index (χ2n) is 17.6. The molecule has 2 heteroatoms. The van der Waals surface area contributed by atoms with Gasteiger partial charge in [-0.1, -0.05) is 218 Å². The van der Waals surface area contributed by atoms with E-state index >= 15 is 0 Å². The van der Waals surface area contributed by atoms with Gasteiger partial charge in [-0.2, -0.15) is 0 Å².